The van der Waals surface area contributed by atoms with Crippen molar-refractivity contribution in [1.82, 2.24) is 19.5 Å². The molecule has 0 N–H and O–H groups in total. The van der Waals surface area contributed by atoms with Crippen molar-refractivity contribution in [2.24, 2.45) is 0 Å². The summed E-state index contributed by atoms with van der Waals surface area (Å²) >= 11 is 0. The van der Waals surface area contributed by atoms with Crippen LogP contribution < -0.4 is 0 Å². The number of imidazole rings is 1. The molecule has 4 heteroatoms. The predicted octanol–water partition coefficient (Wildman–Crippen LogP) is 3.48. The SMILES string of the molecule is c1ccc(-n2c(-c3ccncc3)nc3cccnc32)cc1. The molecular formula is C17H12N4. The molecule has 4 nitrogen and oxygen atoms in total. The van der Waals surface area contributed by atoms with E-state index in [4.69, 9.17) is 4.98 Å². The highest BCUT2D eigenvalue weighted by atomic mass is 15.1. The number of fused-ring (bicyclic) bond motifs is 1. The summed E-state index contributed by atoms with van der Waals surface area (Å²) in [5, 5.41) is 0. The zero-order valence-corrected chi connectivity index (χ0v) is 11.2. The van der Waals surface area contributed by atoms with Gasteiger partial charge in [0, 0.05) is 29.8 Å². The van der Waals surface area contributed by atoms with Gasteiger partial charge >= 0.3 is 0 Å². The van der Waals surface area contributed by atoms with Crippen LogP contribution in [0.25, 0.3) is 28.2 Å². The maximum absolute atomic E-state index is 4.73. The smallest absolute Gasteiger partial charge is 0.164 e. The highest BCUT2D eigenvalue weighted by Crippen LogP contribution is 2.26. The monoisotopic (exact) mass is 272 g/mol. The lowest BCUT2D eigenvalue weighted by molar-refractivity contribution is 1.07. The molecule has 0 spiro atoms. The quantitative estimate of drug-likeness (QED) is 0.561. The molecule has 0 aliphatic heterocycles. The van der Waals surface area contributed by atoms with Crippen LogP contribution in [-0.2, 0) is 0 Å². The van der Waals surface area contributed by atoms with Gasteiger partial charge < -0.3 is 0 Å². The minimum Gasteiger partial charge on any atom is -0.277 e. The van der Waals surface area contributed by atoms with Gasteiger partial charge in [0.05, 0.1) is 0 Å². The van der Waals surface area contributed by atoms with Crippen molar-refractivity contribution in [3.05, 3.63) is 73.2 Å². The number of benzene rings is 1. The summed E-state index contributed by atoms with van der Waals surface area (Å²) < 4.78 is 2.07. The fourth-order valence-electron chi connectivity index (χ4n) is 2.43. The van der Waals surface area contributed by atoms with E-state index >= 15 is 0 Å². The summed E-state index contributed by atoms with van der Waals surface area (Å²) in [4.78, 5) is 13.3. The van der Waals surface area contributed by atoms with Crippen LogP contribution in [0.3, 0.4) is 0 Å². The second kappa shape index (κ2) is 4.83. The van der Waals surface area contributed by atoms with E-state index < -0.39 is 0 Å². The molecule has 0 aliphatic carbocycles. The third kappa shape index (κ3) is 1.97. The van der Waals surface area contributed by atoms with Crippen LogP contribution in [-0.4, -0.2) is 19.5 Å². The fraction of sp³-hybridized carbons (Fsp3) is 0. The van der Waals surface area contributed by atoms with Crippen LogP contribution in [0, 0.1) is 0 Å². The molecule has 21 heavy (non-hydrogen) atoms. The summed E-state index contributed by atoms with van der Waals surface area (Å²) in [6.07, 6.45) is 5.34. The van der Waals surface area contributed by atoms with Gasteiger partial charge in [-0.3, -0.25) is 9.55 Å². The van der Waals surface area contributed by atoms with Crippen molar-refractivity contribution in [3.8, 4) is 17.1 Å². The van der Waals surface area contributed by atoms with Crippen molar-refractivity contribution in [2.75, 3.05) is 0 Å². The first-order valence-electron chi connectivity index (χ1n) is 6.73. The summed E-state index contributed by atoms with van der Waals surface area (Å²) in [5.41, 5.74) is 3.81. The average Bonchev–Trinajstić information content (AvgIpc) is 2.96. The standard InChI is InChI=1S/C17H12N4/c1-2-5-14(6-3-1)21-16(13-8-11-18-12-9-13)20-15-7-4-10-19-17(15)21/h1-12H. The van der Waals surface area contributed by atoms with Gasteiger partial charge in [-0.1, -0.05) is 18.2 Å². The van der Waals surface area contributed by atoms with Crippen molar-refractivity contribution in [2.45, 2.75) is 0 Å². The molecule has 0 amide bonds. The molecule has 0 fully saturated rings. The third-order valence-electron chi connectivity index (χ3n) is 3.37. The number of hydrogen-bond donors (Lipinski definition) is 0. The Morgan fingerprint density at radius 2 is 1.57 bits per heavy atom. The van der Waals surface area contributed by atoms with Gasteiger partial charge in [0.1, 0.15) is 11.3 Å². The molecule has 0 saturated heterocycles. The lowest BCUT2D eigenvalue weighted by atomic mass is 10.2. The Morgan fingerprint density at radius 3 is 2.38 bits per heavy atom. The van der Waals surface area contributed by atoms with Gasteiger partial charge in [0.25, 0.3) is 0 Å². The van der Waals surface area contributed by atoms with Crippen molar-refractivity contribution in [1.29, 1.82) is 0 Å². The summed E-state index contributed by atoms with van der Waals surface area (Å²) in [6.45, 7) is 0. The van der Waals surface area contributed by atoms with Crippen LogP contribution in [0.15, 0.2) is 73.2 Å². The van der Waals surface area contributed by atoms with E-state index in [9.17, 15) is 0 Å². The minimum absolute atomic E-state index is 0.857. The van der Waals surface area contributed by atoms with Gasteiger partial charge in [-0.05, 0) is 36.4 Å². The Hall–Kier alpha value is -3.01. The van der Waals surface area contributed by atoms with Gasteiger partial charge in [0.15, 0.2) is 5.65 Å². The molecule has 0 aliphatic rings. The molecule has 3 aromatic heterocycles. The fourth-order valence-corrected chi connectivity index (χ4v) is 2.43. The van der Waals surface area contributed by atoms with E-state index in [-0.39, 0.29) is 0 Å². The van der Waals surface area contributed by atoms with E-state index in [2.05, 4.69) is 26.7 Å². The Kier molecular flexibility index (Phi) is 2.71. The van der Waals surface area contributed by atoms with Crippen LogP contribution in [0.1, 0.15) is 0 Å². The molecule has 4 rings (SSSR count). The lowest BCUT2D eigenvalue weighted by Crippen LogP contribution is -1.98. The number of para-hydroxylation sites is 1. The average molecular weight is 272 g/mol. The maximum atomic E-state index is 4.73. The van der Waals surface area contributed by atoms with Crippen LogP contribution in [0.4, 0.5) is 0 Å². The van der Waals surface area contributed by atoms with E-state index in [0.717, 1.165) is 28.2 Å². The van der Waals surface area contributed by atoms with E-state index in [0.29, 0.717) is 0 Å². The second-order valence-corrected chi connectivity index (χ2v) is 4.69. The van der Waals surface area contributed by atoms with Crippen LogP contribution >= 0.6 is 0 Å². The van der Waals surface area contributed by atoms with Crippen LogP contribution in [0.5, 0.6) is 0 Å². The summed E-state index contributed by atoms with van der Waals surface area (Å²) in [5.74, 6) is 0.872. The largest absolute Gasteiger partial charge is 0.277 e. The van der Waals surface area contributed by atoms with Crippen molar-refractivity contribution >= 4 is 11.2 Å². The maximum Gasteiger partial charge on any atom is 0.164 e. The zero-order valence-electron chi connectivity index (χ0n) is 11.2. The second-order valence-electron chi connectivity index (χ2n) is 4.69. The summed E-state index contributed by atoms with van der Waals surface area (Å²) in [7, 11) is 0. The molecule has 0 atom stereocenters. The Balaban J connectivity index is 2.07. The molecule has 1 aromatic carbocycles. The molecule has 4 aromatic rings. The number of rotatable bonds is 2. The number of aromatic nitrogens is 4. The third-order valence-corrected chi connectivity index (χ3v) is 3.37. The first-order valence-corrected chi connectivity index (χ1v) is 6.73. The van der Waals surface area contributed by atoms with Gasteiger partial charge in [-0.15, -0.1) is 0 Å². The topological polar surface area (TPSA) is 43.6 Å². The molecule has 0 unspecified atom stereocenters. The Morgan fingerprint density at radius 1 is 0.762 bits per heavy atom. The molecule has 100 valence electrons. The number of hydrogen-bond acceptors (Lipinski definition) is 3. The van der Waals surface area contributed by atoms with Gasteiger partial charge in [0.2, 0.25) is 0 Å². The Bertz CT molecular complexity index is 882. The van der Waals surface area contributed by atoms with Crippen molar-refractivity contribution in [3.63, 3.8) is 0 Å². The highest BCUT2D eigenvalue weighted by molar-refractivity contribution is 5.79. The first kappa shape index (κ1) is 11.8. The highest BCUT2D eigenvalue weighted by Gasteiger charge is 2.14. The normalized spacial score (nSPS) is 10.9. The van der Waals surface area contributed by atoms with E-state index in [1.807, 2.05) is 42.5 Å². The number of pyridine rings is 2. The Labute approximate surface area is 121 Å². The molecular weight excluding hydrogens is 260 g/mol. The lowest BCUT2D eigenvalue weighted by Gasteiger charge is -2.08. The first-order chi connectivity index (χ1) is 10.4. The molecule has 0 bridgehead atoms. The van der Waals surface area contributed by atoms with Gasteiger partial charge in [-0.2, -0.15) is 0 Å². The molecule has 3 heterocycles. The summed E-state index contributed by atoms with van der Waals surface area (Å²) in [6, 6.07) is 17.9. The zero-order chi connectivity index (χ0) is 14.1. The van der Waals surface area contributed by atoms with Crippen molar-refractivity contribution < 1.29 is 0 Å². The predicted molar refractivity (Wildman–Crippen MR) is 82.1 cm³/mol. The number of nitrogens with zero attached hydrogens (tertiary/aromatic N) is 4. The minimum atomic E-state index is 0.857. The van der Waals surface area contributed by atoms with E-state index in [1.165, 1.54) is 0 Å². The van der Waals surface area contributed by atoms with E-state index in [1.54, 1.807) is 18.6 Å². The van der Waals surface area contributed by atoms with Crippen LogP contribution in [0.2, 0.25) is 0 Å². The molecule has 0 radical (unpaired) electrons. The molecule has 0 saturated carbocycles. The van der Waals surface area contributed by atoms with Gasteiger partial charge in [-0.25, -0.2) is 9.97 Å².